The zero-order valence-electron chi connectivity index (χ0n) is 8.95. The number of aryl methyl sites for hydroxylation is 1. The molecule has 0 saturated heterocycles. The van der Waals surface area contributed by atoms with E-state index in [0.29, 0.717) is 6.42 Å². The quantitative estimate of drug-likeness (QED) is 0.650. The predicted molar refractivity (Wildman–Crippen MR) is 57.2 cm³/mol. The van der Waals surface area contributed by atoms with Gasteiger partial charge in [0.05, 0.1) is 10.6 Å². The zero-order chi connectivity index (χ0) is 12.1. The first kappa shape index (κ1) is 14.3. The van der Waals surface area contributed by atoms with Crippen LogP contribution < -0.4 is 0 Å². The molecule has 0 aromatic heterocycles. The summed E-state index contributed by atoms with van der Waals surface area (Å²) in [5.41, 5.74) is 0.0318. The van der Waals surface area contributed by atoms with Gasteiger partial charge in [-0.25, -0.2) is 0 Å². The lowest BCUT2D eigenvalue weighted by atomic mass is 10.1. The highest BCUT2D eigenvalue weighted by atomic mass is 35.5. The highest BCUT2D eigenvalue weighted by molar-refractivity contribution is 6.31. The number of rotatable bonds is 1. The Morgan fingerprint density at radius 2 is 1.73 bits per heavy atom. The summed E-state index contributed by atoms with van der Waals surface area (Å²) in [4.78, 5) is 0. The Bertz CT molecular complexity index is 305. The van der Waals surface area contributed by atoms with Crippen molar-refractivity contribution in [2.45, 2.75) is 33.4 Å². The molecule has 0 nitrogen and oxygen atoms in total. The monoisotopic (exact) mass is 238 g/mol. The van der Waals surface area contributed by atoms with Gasteiger partial charge in [-0.05, 0) is 24.1 Å². The van der Waals surface area contributed by atoms with Crippen molar-refractivity contribution in [3.05, 3.63) is 34.3 Å². The Hall–Kier alpha value is -0.700. The summed E-state index contributed by atoms with van der Waals surface area (Å²) in [5.74, 6) is 0. The number of benzene rings is 1. The topological polar surface area (TPSA) is 0 Å². The molecular formula is C11H14ClF3. The number of alkyl halides is 3. The van der Waals surface area contributed by atoms with Crippen molar-refractivity contribution in [1.82, 2.24) is 0 Å². The van der Waals surface area contributed by atoms with E-state index in [1.807, 2.05) is 20.8 Å². The molecule has 0 aliphatic rings. The van der Waals surface area contributed by atoms with Crippen LogP contribution in [0.1, 0.15) is 31.9 Å². The van der Waals surface area contributed by atoms with Crippen molar-refractivity contribution in [2.24, 2.45) is 0 Å². The molecule has 0 saturated carbocycles. The number of hydrogen-bond acceptors (Lipinski definition) is 0. The first-order valence-corrected chi connectivity index (χ1v) is 5.18. The van der Waals surface area contributed by atoms with Gasteiger partial charge in [0.2, 0.25) is 0 Å². The van der Waals surface area contributed by atoms with Crippen LogP contribution in [0, 0.1) is 0 Å². The minimum atomic E-state index is -4.36. The first-order valence-electron chi connectivity index (χ1n) is 4.80. The molecule has 1 rings (SSSR count). The molecule has 86 valence electrons. The van der Waals surface area contributed by atoms with E-state index in [1.54, 1.807) is 0 Å². The molecule has 4 heteroatoms. The van der Waals surface area contributed by atoms with Gasteiger partial charge in [-0.3, -0.25) is 0 Å². The SMILES string of the molecule is CC.CCc1ccc(C(F)(F)F)c(Cl)c1. The van der Waals surface area contributed by atoms with Crippen molar-refractivity contribution in [1.29, 1.82) is 0 Å². The van der Waals surface area contributed by atoms with Crippen molar-refractivity contribution >= 4 is 11.6 Å². The molecule has 0 amide bonds. The molecule has 0 aliphatic carbocycles. The predicted octanol–water partition coefficient (Wildman–Crippen LogP) is 4.95. The van der Waals surface area contributed by atoms with Crippen LogP contribution in [-0.4, -0.2) is 0 Å². The molecule has 0 fully saturated rings. The second-order valence-corrected chi connectivity index (χ2v) is 3.07. The maximum Gasteiger partial charge on any atom is 0.417 e. The second kappa shape index (κ2) is 6.01. The number of hydrogen-bond donors (Lipinski definition) is 0. The van der Waals surface area contributed by atoms with Gasteiger partial charge < -0.3 is 0 Å². The maximum atomic E-state index is 12.2. The van der Waals surface area contributed by atoms with Gasteiger partial charge in [-0.1, -0.05) is 38.4 Å². The summed E-state index contributed by atoms with van der Waals surface area (Å²) in [6.45, 7) is 5.86. The smallest absolute Gasteiger partial charge is 0.166 e. The van der Waals surface area contributed by atoms with E-state index < -0.39 is 11.7 Å². The van der Waals surface area contributed by atoms with Crippen molar-refractivity contribution in [3.63, 3.8) is 0 Å². The van der Waals surface area contributed by atoms with Crippen LogP contribution in [0.3, 0.4) is 0 Å². The third kappa shape index (κ3) is 4.12. The normalized spacial score (nSPS) is 10.6. The lowest BCUT2D eigenvalue weighted by molar-refractivity contribution is -0.137. The summed E-state index contributed by atoms with van der Waals surface area (Å²) in [6, 6.07) is 3.81. The van der Waals surface area contributed by atoms with Gasteiger partial charge in [0.15, 0.2) is 0 Å². The van der Waals surface area contributed by atoms with Crippen LogP contribution in [0.15, 0.2) is 18.2 Å². The molecule has 0 N–H and O–H groups in total. The maximum absolute atomic E-state index is 12.2. The average Bonchev–Trinajstić information content (AvgIpc) is 2.18. The molecule has 1 aromatic rings. The fraction of sp³-hybridized carbons (Fsp3) is 0.455. The fourth-order valence-electron chi connectivity index (χ4n) is 1.01. The standard InChI is InChI=1S/C9H8ClF3.C2H6/c1-2-6-3-4-7(8(10)5-6)9(11,12)13;1-2/h3-5H,2H2,1H3;1-2H3. The van der Waals surface area contributed by atoms with E-state index in [4.69, 9.17) is 11.6 Å². The highest BCUT2D eigenvalue weighted by Crippen LogP contribution is 2.34. The first-order chi connectivity index (χ1) is 6.95. The number of halogens is 4. The van der Waals surface area contributed by atoms with E-state index in [1.165, 1.54) is 12.1 Å². The van der Waals surface area contributed by atoms with Crippen LogP contribution >= 0.6 is 11.6 Å². The van der Waals surface area contributed by atoms with Crippen LogP contribution in [0.4, 0.5) is 13.2 Å². The fourth-order valence-corrected chi connectivity index (χ4v) is 1.32. The van der Waals surface area contributed by atoms with Crippen molar-refractivity contribution < 1.29 is 13.2 Å². The Morgan fingerprint density at radius 3 is 2.07 bits per heavy atom. The second-order valence-electron chi connectivity index (χ2n) is 2.67. The molecule has 0 heterocycles. The molecule has 0 spiro atoms. The lowest BCUT2D eigenvalue weighted by Crippen LogP contribution is -2.05. The van der Waals surface area contributed by atoms with Gasteiger partial charge in [0.25, 0.3) is 0 Å². The third-order valence-electron chi connectivity index (χ3n) is 1.75. The molecule has 0 radical (unpaired) electrons. The van der Waals surface area contributed by atoms with E-state index >= 15 is 0 Å². The highest BCUT2D eigenvalue weighted by Gasteiger charge is 2.32. The molecule has 15 heavy (non-hydrogen) atoms. The Morgan fingerprint density at radius 1 is 1.20 bits per heavy atom. The zero-order valence-corrected chi connectivity index (χ0v) is 9.71. The largest absolute Gasteiger partial charge is 0.417 e. The Labute approximate surface area is 93.1 Å². The van der Waals surface area contributed by atoms with Gasteiger partial charge >= 0.3 is 6.18 Å². The summed E-state index contributed by atoms with van der Waals surface area (Å²) >= 11 is 5.47. The molecular weight excluding hydrogens is 225 g/mol. The summed E-state index contributed by atoms with van der Waals surface area (Å²) in [7, 11) is 0. The van der Waals surface area contributed by atoms with Crippen LogP contribution in [-0.2, 0) is 12.6 Å². The van der Waals surface area contributed by atoms with E-state index in [2.05, 4.69) is 0 Å². The molecule has 0 unspecified atom stereocenters. The Kier molecular flexibility index (Phi) is 5.73. The molecule has 1 aromatic carbocycles. The van der Waals surface area contributed by atoms with E-state index in [0.717, 1.165) is 11.6 Å². The van der Waals surface area contributed by atoms with E-state index in [-0.39, 0.29) is 5.02 Å². The molecule has 0 aliphatic heterocycles. The van der Waals surface area contributed by atoms with Gasteiger partial charge in [0, 0.05) is 0 Å². The van der Waals surface area contributed by atoms with Crippen molar-refractivity contribution in [3.8, 4) is 0 Å². The summed E-state index contributed by atoms with van der Waals surface area (Å²) in [5, 5.41) is -0.230. The van der Waals surface area contributed by atoms with Gasteiger partial charge in [-0.2, -0.15) is 13.2 Å². The lowest BCUT2D eigenvalue weighted by Gasteiger charge is -2.09. The third-order valence-corrected chi connectivity index (χ3v) is 2.06. The average molecular weight is 239 g/mol. The van der Waals surface area contributed by atoms with Crippen LogP contribution in [0.25, 0.3) is 0 Å². The van der Waals surface area contributed by atoms with Crippen molar-refractivity contribution in [2.75, 3.05) is 0 Å². The summed E-state index contributed by atoms with van der Waals surface area (Å²) < 4.78 is 36.6. The van der Waals surface area contributed by atoms with Gasteiger partial charge in [0.1, 0.15) is 0 Å². The molecule has 0 atom stereocenters. The summed E-state index contributed by atoms with van der Waals surface area (Å²) in [6.07, 6.45) is -3.68. The van der Waals surface area contributed by atoms with Crippen LogP contribution in [0.2, 0.25) is 5.02 Å². The van der Waals surface area contributed by atoms with Gasteiger partial charge in [-0.15, -0.1) is 0 Å². The molecule has 0 bridgehead atoms. The minimum absolute atomic E-state index is 0.230. The minimum Gasteiger partial charge on any atom is -0.166 e. The van der Waals surface area contributed by atoms with Crippen LogP contribution in [0.5, 0.6) is 0 Å². The Balaban J connectivity index is 0.000000921. The van der Waals surface area contributed by atoms with E-state index in [9.17, 15) is 13.2 Å².